The van der Waals surface area contributed by atoms with Crippen LogP contribution in [0.3, 0.4) is 0 Å². The minimum Gasteiger partial charge on any atom is -0.362 e. The van der Waals surface area contributed by atoms with Crippen molar-refractivity contribution in [2.45, 2.75) is 10.9 Å². The van der Waals surface area contributed by atoms with Gasteiger partial charge in [-0.2, -0.15) is 13.2 Å². The second-order valence-corrected chi connectivity index (χ2v) is 3.99. The average Bonchev–Trinajstić information content (AvgIpc) is 2.25. The van der Waals surface area contributed by atoms with Gasteiger partial charge in [-0.15, -0.1) is 0 Å². The third-order valence-electron chi connectivity index (χ3n) is 1.73. The average molecular weight is 250 g/mol. The highest BCUT2D eigenvalue weighted by molar-refractivity contribution is 8.01. The van der Waals surface area contributed by atoms with Crippen LogP contribution < -0.4 is 0 Å². The monoisotopic (exact) mass is 250 g/mol. The van der Waals surface area contributed by atoms with Crippen molar-refractivity contribution in [2.75, 3.05) is 7.11 Å². The molecule has 0 heterocycles. The first-order chi connectivity index (χ1) is 7.44. The van der Waals surface area contributed by atoms with E-state index in [2.05, 4.69) is 4.74 Å². The first-order valence-corrected chi connectivity index (χ1v) is 5.18. The minimum atomic E-state index is -4.49. The van der Waals surface area contributed by atoms with Gasteiger partial charge in [-0.1, -0.05) is 30.3 Å². The molecule has 0 saturated heterocycles. The van der Waals surface area contributed by atoms with Crippen LogP contribution in [0.2, 0.25) is 0 Å². The van der Waals surface area contributed by atoms with Gasteiger partial charge in [-0.05, 0) is 11.8 Å². The Labute approximate surface area is 94.8 Å². The fourth-order valence-corrected chi connectivity index (χ4v) is 1.65. The molecule has 0 aliphatic heterocycles. The molecule has 6 heteroatoms. The van der Waals surface area contributed by atoms with E-state index < -0.39 is 28.5 Å². The van der Waals surface area contributed by atoms with Gasteiger partial charge in [0, 0.05) is 12.7 Å². The largest absolute Gasteiger partial charge is 0.444 e. The van der Waals surface area contributed by atoms with Gasteiger partial charge in [0.2, 0.25) is 5.78 Å². The number of thioether (sulfide) groups is 1. The number of hydrogen-bond acceptors (Lipinski definition) is 3. The molecule has 88 valence electrons. The number of methoxy groups -OCH3 is 1. The molecule has 1 aromatic carbocycles. The number of carbonyl (C=O) groups is 1. The van der Waals surface area contributed by atoms with Crippen molar-refractivity contribution in [2.24, 2.45) is 0 Å². The van der Waals surface area contributed by atoms with E-state index >= 15 is 0 Å². The lowest BCUT2D eigenvalue weighted by molar-refractivity contribution is -0.0358. The summed E-state index contributed by atoms with van der Waals surface area (Å²) in [7, 11) is 1.07. The number of halogens is 3. The van der Waals surface area contributed by atoms with Crippen LogP contribution in [0.25, 0.3) is 0 Å². The number of benzene rings is 1. The molecule has 1 aromatic rings. The molecule has 0 spiro atoms. The highest BCUT2D eigenvalue weighted by atomic mass is 32.2. The number of alkyl halides is 3. The second kappa shape index (κ2) is 5.36. The summed E-state index contributed by atoms with van der Waals surface area (Å²) in [5.41, 5.74) is -5.85. The Hall–Kier alpha value is -1.01. The standard InChI is InChI=1S/C10H9F3O2S/c1-15-9(16-10(11,12)13)8(14)7-5-3-2-4-6-7/h2-6,9H,1H3/t9-/m1/s1. The number of carbonyl (C=O) groups excluding carboxylic acids is 1. The molecule has 2 nitrogen and oxygen atoms in total. The Kier molecular flexibility index (Phi) is 4.37. The van der Waals surface area contributed by atoms with Gasteiger partial charge in [0.15, 0.2) is 5.44 Å². The van der Waals surface area contributed by atoms with Gasteiger partial charge in [0.05, 0.1) is 0 Å². The lowest BCUT2D eigenvalue weighted by Crippen LogP contribution is -2.23. The molecule has 0 saturated carbocycles. The number of ether oxygens (including phenoxy) is 1. The number of rotatable bonds is 4. The molecule has 16 heavy (non-hydrogen) atoms. The fraction of sp³-hybridized carbons (Fsp3) is 0.300. The van der Waals surface area contributed by atoms with Crippen molar-refractivity contribution >= 4 is 17.5 Å². The zero-order valence-electron chi connectivity index (χ0n) is 8.32. The first-order valence-electron chi connectivity index (χ1n) is 4.30. The summed E-state index contributed by atoms with van der Waals surface area (Å²) in [6.45, 7) is 0. The Morgan fingerprint density at radius 3 is 2.31 bits per heavy atom. The summed E-state index contributed by atoms with van der Waals surface area (Å²) in [5.74, 6) is -0.689. The molecule has 0 aliphatic rings. The van der Waals surface area contributed by atoms with Crippen molar-refractivity contribution in [3.05, 3.63) is 35.9 Å². The van der Waals surface area contributed by atoms with Crippen LogP contribution in [0, 0.1) is 0 Å². The summed E-state index contributed by atoms with van der Waals surface area (Å²) < 4.78 is 40.8. The Bertz CT molecular complexity index is 351. The van der Waals surface area contributed by atoms with Crippen molar-refractivity contribution in [1.82, 2.24) is 0 Å². The zero-order valence-corrected chi connectivity index (χ0v) is 9.14. The van der Waals surface area contributed by atoms with Crippen LogP contribution in [0.5, 0.6) is 0 Å². The van der Waals surface area contributed by atoms with Crippen LogP contribution in [0.15, 0.2) is 30.3 Å². The van der Waals surface area contributed by atoms with Crippen LogP contribution >= 0.6 is 11.8 Å². The van der Waals surface area contributed by atoms with Gasteiger partial charge in [0.25, 0.3) is 0 Å². The van der Waals surface area contributed by atoms with Gasteiger partial charge in [0.1, 0.15) is 0 Å². The summed E-state index contributed by atoms with van der Waals surface area (Å²) in [6.07, 6.45) is 0. The predicted molar refractivity (Wildman–Crippen MR) is 55.2 cm³/mol. The maximum absolute atomic E-state index is 12.1. The van der Waals surface area contributed by atoms with Gasteiger partial charge >= 0.3 is 5.51 Å². The molecule has 0 N–H and O–H groups in total. The van der Waals surface area contributed by atoms with Crippen molar-refractivity contribution in [3.63, 3.8) is 0 Å². The third-order valence-corrected chi connectivity index (χ3v) is 2.61. The van der Waals surface area contributed by atoms with Gasteiger partial charge in [-0.3, -0.25) is 4.79 Å². The Morgan fingerprint density at radius 2 is 1.88 bits per heavy atom. The maximum atomic E-state index is 12.1. The van der Waals surface area contributed by atoms with E-state index in [9.17, 15) is 18.0 Å². The smallest absolute Gasteiger partial charge is 0.362 e. The Morgan fingerprint density at radius 1 is 1.31 bits per heavy atom. The topological polar surface area (TPSA) is 26.3 Å². The molecule has 0 fully saturated rings. The Balaban J connectivity index is 2.78. The summed E-state index contributed by atoms with van der Waals surface area (Å²) in [6, 6.07) is 7.74. The molecular formula is C10H9F3O2S. The van der Waals surface area contributed by atoms with E-state index in [-0.39, 0.29) is 5.56 Å². The molecule has 0 bridgehead atoms. The van der Waals surface area contributed by atoms with Crippen molar-refractivity contribution < 1.29 is 22.7 Å². The first kappa shape index (κ1) is 13.1. The normalized spacial score (nSPS) is 13.5. The molecule has 0 aliphatic carbocycles. The number of Topliss-reactive ketones (excluding diaryl/α,β-unsaturated/α-hetero) is 1. The predicted octanol–water partition coefficient (Wildman–Crippen LogP) is 3.09. The van der Waals surface area contributed by atoms with Crippen LogP contribution in [0.4, 0.5) is 13.2 Å². The molecule has 0 amide bonds. The fourth-order valence-electron chi connectivity index (χ4n) is 1.07. The van der Waals surface area contributed by atoms with Crippen LogP contribution in [-0.2, 0) is 4.74 Å². The van der Waals surface area contributed by atoms with E-state index in [1.54, 1.807) is 18.2 Å². The highest BCUT2D eigenvalue weighted by Crippen LogP contribution is 2.35. The van der Waals surface area contributed by atoms with E-state index in [1.807, 2.05) is 0 Å². The quantitative estimate of drug-likeness (QED) is 0.606. The van der Waals surface area contributed by atoms with Crippen LogP contribution in [-0.4, -0.2) is 23.8 Å². The van der Waals surface area contributed by atoms with Gasteiger partial charge < -0.3 is 4.74 Å². The second-order valence-electron chi connectivity index (χ2n) is 2.86. The molecule has 0 aromatic heterocycles. The summed E-state index contributed by atoms with van der Waals surface area (Å²) in [4.78, 5) is 11.6. The van der Waals surface area contributed by atoms with Gasteiger partial charge in [-0.25, -0.2) is 0 Å². The molecule has 1 atom stereocenters. The van der Waals surface area contributed by atoms with Crippen molar-refractivity contribution in [1.29, 1.82) is 0 Å². The number of ketones is 1. The maximum Gasteiger partial charge on any atom is 0.444 e. The van der Waals surface area contributed by atoms with E-state index in [0.29, 0.717) is 0 Å². The lowest BCUT2D eigenvalue weighted by atomic mass is 10.1. The minimum absolute atomic E-state index is 0.200. The molecule has 1 rings (SSSR count). The summed E-state index contributed by atoms with van der Waals surface area (Å²) in [5, 5.41) is 0. The molecular weight excluding hydrogens is 241 g/mol. The SMILES string of the molecule is CO[C@H](SC(F)(F)F)C(=O)c1ccccc1. The number of hydrogen-bond donors (Lipinski definition) is 0. The van der Waals surface area contributed by atoms with E-state index in [0.717, 1.165) is 7.11 Å². The van der Waals surface area contributed by atoms with E-state index in [4.69, 9.17) is 0 Å². The molecule has 0 unspecified atom stereocenters. The van der Waals surface area contributed by atoms with Crippen molar-refractivity contribution in [3.8, 4) is 0 Å². The summed E-state index contributed by atoms with van der Waals surface area (Å²) >= 11 is -0.467. The molecule has 0 radical (unpaired) electrons. The van der Waals surface area contributed by atoms with Crippen LogP contribution in [0.1, 0.15) is 10.4 Å². The zero-order chi connectivity index (χ0) is 12.2. The third kappa shape index (κ3) is 3.86. The highest BCUT2D eigenvalue weighted by Gasteiger charge is 2.36. The lowest BCUT2D eigenvalue weighted by Gasteiger charge is -2.15. The van der Waals surface area contributed by atoms with E-state index in [1.165, 1.54) is 12.1 Å².